The molecule has 0 aliphatic carbocycles. The largest absolute Gasteiger partial charge is 0.347 e. The van der Waals surface area contributed by atoms with E-state index in [1.807, 2.05) is 6.20 Å². The molecule has 3 heterocycles. The van der Waals surface area contributed by atoms with E-state index < -0.39 is 0 Å². The zero-order valence-corrected chi connectivity index (χ0v) is 13.1. The van der Waals surface area contributed by atoms with Crippen LogP contribution in [-0.4, -0.2) is 27.6 Å². The first kappa shape index (κ1) is 12.8. The Bertz CT molecular complexity index is 783. The fourth-order valence-corrected chi connectivity index (χ4v) is 3.95. The van der Waals surface area contributed by atoms with E-state index >= 15 is 0 Å². The molecule has 0 N–H and O–H groups in total. The number of thiazole rings is 1. The smallest absolute Gasteiger partial charge is 0.186 e. The molecule has 5 heteroatoms. The SMILES string of the molecule is Cc1ccc2nc(N3CC(Cn4ccnc4C)C3)sc2c1. The van der Waals surface area contributed by atoms with Gasteiger partial charge in [-0.25, -0.2) is 9.97 Å². The number of rotatable bonds is 3. The van der Waals surface area contributed by atoms with Crippen molar-refractivity contribution in [2.24, 2.45) is 5.92 Å². The van der Waals surface area contributed by atoms with Crippen LogP contribution in [0, 0.1) is 19.8 Å². The number of fused-ring (bicyclic) bond motifs is 1. The molecule has 0 unspecified atom stereocenters. The molecule has 0 spiro atoms. The maximum atomic E-state index is 4.75. The van der Waals surface area contributed by atoms with Crippen LogP contribution < -0.4 is 4.90 Å². The molecule has 108 valence electrons. The third-order valence-electron chi connectivity index (χ3n) is 4.14. The first-order chi connectivity index (χ1) is 10.2. The Morgan fingerprint density at radius 2 is 2.14 bits per heavy atom. The Hall–Kier alpha value is -1.88. The zero-order valence-electron chi connectivity index (χ0n) is 12.3. The summed E-state index contributed by atoms with van der Waals surface area (Å²) < 4.78 is 3.53. The standard InChI is InChI=1S/C16H18N4S/c1-11-3-4-14-15(7-11)21-16(18-14)20-9-13(10-20)8-19-6-5-17-12(19)2/h3-7,13H,8-10H2,1-2H3. The lowest BCUT2D eigenvalue weighted by molar-refractivity contribution is 0.354. The maximum absolute atomic E-state index is 4.75. The predicted molar refractivity (Wildman–Crippen MR) is 87.0 cm³/mol. The lowest BCUT2D eigenvalue weighted by atomic mass is 10.0. The van der Waals surface area contributed by atoms with E-state index in [1.165, 1.54) is 10.3 Å². The van der Waals surface area contributed by atoms with E-state index in [0.29, 0.717) is 5.92 Å². The van der Waals surface area contributed by atoms with Crippen LogP contribution in [0.25, 0.3) is 10.2 Å². The van der Waals surface area contributed by atoms with Gasteiger partial charge in [0.1, 0.15) is 5.82 Å². The quantitative estimate of drug-likeness (QED) is 0.744. The Labute approximate surface area is 128 Å². The number of imidazole rings is 1. The summed E-state index contributed by atoms with van der Waals surface area (Å²) in [5.41, 5.74) is 2.42. The summed E-state index contributed by atoms with van der Waals surface area (Å²) in [6, 6.07) is 6.48. The molecule has 0 bridgehead atoms. The minimum absolute atomic E-state index is 0.701. The molecular formula is C16H18N4S. The summed E-state index contributed by atoms with van der Waals surface area (Å²) in [5.74, 6) is 1.80. The van der Waals surface area contributed by atoms with E-state index in [2.05, 4.69) is 52.7 Å². The Kier molecular flexibility index (Phi) is 2.96. The van der Waals surface area contributed by atoms with Gasteiger partial charge >= 0.3 is 0 Å². The van der Waals surface area contributed by atoms with E-state index in [0.717, 1.165) is 36.1 Å². The number of aryl methyl sites for hydroxylation is 2. The van der Waals surface area contributed by atoms with Crippen molar-refractivity contribution < 1.29 is 0 Å². The van der Waals surface area contributed by atoms with Crippen LogP contribution in [0.1, 0.15) is 11.4 Å². The van der Waals surface area contributed by atoms with Crippen molar-refractivity contribution in [1.29, 1.82) is 0 Å². The summed E-state index contributed by atoms with van der Waals surface area (Å²) in [6.45, 7) is 7.44. The molecule has 1 aliphatic rings. The molecule has 1 saturated heterocycles. The number of nitrogens with zero attached hydrogens (tertiary/aromatic N) is 4. The minimum Gasteiger partial charge on any atom is -0.347 e. The molecule has 0 atom stereocenters. The Morgan fingerprint density at radius 3 is 2.90 bits per heavy atom. The second-order valence-corrected chi connectivity index (χ2v) is 6.87. The van der Waals surface area contributed by atoms with Gasteiger partial charge in [-0.15, -0.1) is 0 Å². The van der Waals surface area contributed by atoms with E-state index in [4.69, 9.17) is 4.98 Å². The van der Waals surface area contributed by atoms with Gasteiger partial charge in [0.2, 0.25) is 0 Å². The highest BCUT2D eigenvalue weighted by atomic mass is 32.1. The highest BCUT2D eigenvalue weighted by Gasteiger charge is 2.29. The van der Waals surface area contributed by atoms with Gasteiger partial charge in [-0.2, -0.15) is 0 Å². The number of hydrogen-bond donors (Lipinski definition) is 0. The molecule has 4 nitrogen and oxygen atoms in total. The fourth-order valence-electron chi connectivity index (χ4n) is 2.87. The molecular weight excluding hydrogens is 280 g/mol. The third-order valence-corrected chi connectivity index (χ3v) is 5.22. The number of anilines is 1. The zero-order chi connectivity index (χ0) is 14.4. The van der Waals surface area contributed by atoms with E-state index in [1.54, 1.807) is 11.3 Å². The summed E-state index contributed by atoms with van der Waals surface area (Å²) in [7, 11) is 0. The Balaban J connectivity index is 1.45. The molecule has 3 aromatic rings. The second kappa shape index (κ2) is 4.84. The topological polar surface area (TPSA) is 34.0 Å². The molecule has 21 heavy (non-hydrogen) atoms. The number of benzene rings is 1. The maximum Gasteiger partial charge on any atom is 0.186 e. The van der Waals surface area contributed by atoms with Gasteiger partial charge in [-0.05, 0) is 31.5 Å². The lowest BCUT2D eigenvalue weighted by Gasteiger charge is -2.39. The average molecular weight is 298 g/mol. The molecule has 1 fully saturated rings. The summed E-state index contributed by atoms with van der Waals surface area (Å²) in [6.07, 6.45) is 3.94. The highest BCUT2D eigenvalue weighted by Crippen LogP contribution is 2.33. The van der Waals surface area contributed by atoms with Crippen molar-refractivity contribution in [3.8, 4) is 0 Å². The summed E-state index contributed by atoms with van der Waals surface area (Å²) >= 11 is 1.80. The molecule has 0 amide bonds. The van der Waals surface area contributed by atoms with Gasteiger partial charge in [-0.3, -0.25) is 0 Å². The third kappa shape index (κ3) is 2.31. The van der Waals surface area contributed by atoms with Crippen molar-refractivity contribution in [2.45, 2.75) is 20.4 Å². The van der Waals surface area contributed by atoms with E-state index in [-0.39, 0.29) is 0 Å². The van der Waals surface area contributed by atoms with Crippen LogP contribution in [0.15, 0.2) is 30.6 Å². The first-order valence-corrected chi connectivity index (χ1v) is 8.10. The average Bonchev–Trinajstić information content (AvgIpc) is 2.99. The van der Waals surface area contributed by atoms with Gasteiger partial charge in [-0.1, -0.05) is 17.4 Å². The summed E-state index contributed by atoms with van der Waals surface area (Å²) in [5, 5.41) is 1.16. The van der Waals surface area contributed by atoms with Crippen molar-refractivity contribution >= 4 is 26.7 Å². The van der Waals surface area contributed by atoms with E-state index in [9.17, 15) is 0 Å². The molecule has 1 aliphatic heterocycles. The van der Waals surface area contributed by atoms with Crippen molar-refractivity contribution in [3.63, 3.8) is 0 Å². The number of aromatic nitrogens is 3. The first-order valence-electron chi connectivity index (χ1n) is 7.29. The van der Waals surface area contributed by atoms with Crippen molar-refractivity contribution in [1.82, 2.24) is 14.5 Å². The van der Waals surface area contributed by atoms with Gasteiger partial charge < -0.3 is 9.47 Å². The molecule has 4 rings (SSSR count). The molecule has 0 radical (unpaired) electrons. The van der Waals surface area contributed by atoms with Gasteiger partial charge in [0, 0.05) is 37.9 Å². The molecule has 2 aromatic heterocycles. The van der Waals surface area contributed by atoms with Crippen LogP contribution in [0.2, 0.25) is 0 Å². The fraction of sp³-hybridized carbons (Fsp3) is 0.375. The van der Waals surface area contributed by atoms with Gasteiger partial charge in [0.25, 0.3) is 0 Å². The second-order valence-electron chi connectivity index (χ2n) is 5.87. The van der Waals surface area contributed by atoms with Crippen LogP contribution in [0.5, 0.6) is 0 Å². The highest BCUT2D eigenvalue weighted by molar-refractivity contribution is 7.22. The molecule has 0 saturated carbocycles. The van der Waals surface area contributed by atoms with Crippen LogP contribution in [0.3, 0.4) is 0 Å². The van der Waals surface area contributed by atoms with Crippen molar-refractivity contribution in [3.05, 3.63) is 42.0 Å². The predicted octanol–water partition coefficient (Wildman–Crippen LogP) is 3.25. The number of hydrogen-bond acceptors (Lipinski definition) is 4. The monoisotopic (exact) mass is 298 g/mol. The van der Waals surface area contributed by atoms with Crippen LogP contribution in [0.4, 0.5) is 5.13 Å². The van der Waals surface area contributed by atoms with Crippen molar-refractivity contribution in [2.75, 3.05) is 18.0 Å². The van der Waals surface area contributed by atoms with Gasteiger partial charge in [0.15, 0.2) is 5.13 Å². The summed E-state index contributed by atoms with van der Waals surface area (Å²) in [4.78, 5) is 11.4. The minimum atomic E-state index is 0.701. The Morgan fingerprint density at radius 1 is 1.29 bits per heavy atom. The van der Waals surface area contributed by atoms with Gasteiger partial charge in [0.05, 0.1) is 10.2 Å². The normalized spacial score (nSPS) is 15.6. The van der Waals surface area contributed by atoms with Crippen LogP contribution in [-0.2, 0) is 6.54 Å². The molecule has 1 aromatic carbocycles. The lowest BCUT2D eigenvalue weighted by Crippen LogP contribution is -2.48. The van der Waals surface area contributed by atoms with Crippen LogP contribution >= 0.6 is 11.3 Å².